The number of carbonyl (C=O) groups excluding carboxylic acids is 5. The molecule has 2 rings (SSSR count). The smallest absolute Gasteiger partial charge is 0.305 e. The quantitative estimate of drug-likeness (QED) is 0.0628. The number of hydrogen-bond acceptors (Lipinski definition) is 9. The number of aliphatic hydroxyl groups excluding tert-OH is 1. The number of nitrogens with one attached hydrogen (secondary N) is 4. The molecule has 0 aliphatic carbocycles. The van der Waals surface area contributed by atoms with E-state index in [1.807, 2.05) is 0 Å². The van der Waals surface area contributed by atoms with Gasteiger partial charge in [0.1, 0.15) is 30.2 Å². The summed E-state index contributed by atoms with van der Waals surface area (Å²) < 4.78 is 0. The van der Waals surface area contributed by atoms with Crippen LogP contribution in [0.25, 0.3) is 0 Å². The first kappa shape index (κ1) is 34.2. The second-order valence-corrected chi connectivity index (χ2v) is 10.4. The van der Waals surface area contributed by atoms with E-state index in [2.05, 4.69) is 26.3 Å². The minimum absolute atomic E-state index is 0.0223. The Morgan fingerprint density at radius 1 is 0.929 bits per heavy atom. The molecule has 0 bridgehead atoms. The van der Waals surface area contributed by atoms with E-state index in [-0.39, 0.29) is 38.3 Å². The lowest BCUT2D eigenvalue weighted by molar-refractivity contribution is -0.143. The number of unbranched alkanes of at least 4 members (excludes halogenated alkanes) is 1. The first-order valence-corrected chi connectivity index (χ1v) is 14.0. The van der Waals surface area contributed by atoms with Gasteiger partial charge in [-0.25, -0.2) is 0 Å². The predicted molar refractivity (Wildman–Crippen MR) is 149 cm³/mol. The van der Waals surface area contributed by atoms with Crippen LogP contribution in [-0.4, -0.2) is 113 Å². The molecule has 0 aromatic carbocycles. The number of carboxylic acids is 1. The van der Waals surface area contributed by atoms with Crippen molar-refractivity contribution in [3.05, 3.63) is 0 Å². The Morgan fingerprint density at radius 2 is 1.55 bits per heavy atom. The molecular weight excluding hydrogens is 554 g/mol. The van der Waals surface area contributed by atoms with Gasteiger partial charge in [-0.1, -0.05) is 0 Å². The van der Waals surface area contributed by atoms with Crippen LogP contribution in [0.15, 0.2) is 4.99 Å². The molecule has 0 radical (unpaired) electrons. The number of nitrogens with zero attached hydrogens (tertiary/aromatic N) is 2. The molecule has 0 spiro atoms. The minimum atomic E-state index is -1.66. The third-order valence-electron chi connectivity index (χ3n) is 7.05. The van der Waals surface area contributed by atoms with Crippen LogP contribution in [0, 0.1) is 0 Å². The van der Waals surface area contributed by atoms with Crippen LogP contribution in [0.1, 0.15) is 58.3 Å². The average molecular weight is 598 g/mol. The van der Waals surface area contributed by atoms with Gasteiger partial charge >= 0.3 is 5.97 Å². The highest BCUT2D eigenvalue weighted by Gasteiger charge is 2.41. The summed E-state index contributed by atoms with van der Waals surface area (Å²) >= 11 is 0. The lowest BCUT2D eigenvalue weighted by Gasteiger charge is -2.30. The Labute approximate surface area is 243 Å². The van der Waals surface area contributed by atoms with Crippen LogP contribution >= 0.6 is 0 Å². The van der Waals surface area contributed by atoms with Crippen LogP contribution in [0.4, 0.5) is 0 Å². The number of rotatable bonds is 11. The van der Waals surface area contributed by atoms with Gasteiger partial charge in [-0.2, -0.15) is 0 Å². The fraction of sp³-hybridized carbons (Fsp3) is 0.720. The Morgan fingerprint density at radius 3 is 2.17 bits per heavy atom. The molecule has 6 atom stereocenters. The van der Waals surface area contributed by atoms with Gasteiger partial charge in [-0.3, -0.25) is 33.8 Å². The summed E-state index contributed by atoms with van der Waals surface area (Å²) in [6.45, 7) is 1.95. The second kappa shape index (κ2) is 16.5. The molecular formula is C25H43N9O8. The summed E-state index contributed by atoms with van der Waals surface area (Å²) in [5, 5.41) is 29.5. The van der Waals surface area contributed by atoms with E-state index < -0.39 is 78.2 Å². The molecule has 12 N–H and O–H groups in total. The largest absolute Gasteiger partial charge is 0.481 e. The summed E-state index contributed by atoms with van der Waals surface area (Å²) in [6.07, 6.45) is -0.00833. The fourth-order valence-corrected chi connectivity index (χ4v) is 4.87. The van der Waals surface area contributed by atoms with E-state index in [0.717, 1.165) is 0 Å². The van der Waals surface area contributed by atoms with Crippen molar-refractivity contribution in [2.75, 3.05) is 19.6 Å². The third-order valence-corrected chi connectivity index (χ3v) is 7.05. The minimum Gasteiger partial charge on any atom is -0.481 e. The first-order valence-electron chi connectivity index (χ1n) is 14.0. The predicted octanol–water partition coefficient (Wildman–Crippen LogP) is -4.03. The molecule has 236 valence electrons. The Kier molecular flexibility index (Phi) is 13.4. The highest BCUT2D eigenvalue weighted by Crippen LogP contribution is 2.21. The van der Waals surface area contributed by atoms with E-state index >= 15 is 0 Å². The van der Waals surface area contributed by atoms with Gasteiger partial charge in [-0.15, -0.1) is 0 Å². The molecule has 2 aliphatic heterocycles. The SMILES string of the molecule is CC(O)[C@@H]1NC(=O)[C@H](CC(=O)O)NC(=O)[C@H](CCCN=C(N)N)NC(=O)[C@@H]2CCCN2C(=O)[C@H](CCCCN)NC1=O. The Bertz CT molecular complexity index is 1030. The van der Waals surface area contributed by atoms with Crippen molar-refractivity contribution in [2.45, 2.75) is 94.6 Å². The zero-order chi connectivity index (χ0) is 31.4. The van der Waals surface area contributed by atoms with Crippen molar-refractivity contribution in [1.82, 2.24) is 26.2 Å². The van der Waals surface area contributed by atoms with Gasteiger partial charge < -0.3 is 53.6 Å². The lowest BCUT2D eigenvalue weighted by Crippen LogP contribution is -2.60. The number of aliphatic hydroxyl groups is 1. The van der Waals surface area contributed by atoms with Gasteiger partial charge in [0.2, 0.25) is 29.5 Å². The van der Waals surface area contributed by atoms with Gasteiger partial charge in [0, 0.05) is 13.1 Å². The van der Waals surface area contributed by atoms with Crippen LogP contribution < -0.4 is 38.5 Å². The molecule has 0 aromatic heterocycles. The number of aliphatic imine (C=N–C) groups is 1. The number of amides is 5. The maximum atomic E-state index is 13.7. The van der Waals surface area contributed by atoms with E-state index in [4.69, 9.17) is 17.2 Å². The molecule has 2 heterocycles. The molecule has 0 saturated carbocycles. The molecule has 42 heavy (non-hydrogen) atoms. The number of hydrogen-bond donors (Lipinski definition) is 9. The summed E-state index contributed by atoms with van der Waals surface area (Å²) in [5.41, 5.74) is 16.3. The van der Waals surface area contributed by atoms with Gasteiger partial charge in [0.25, 0.3) is 0 Å². The Balaban J connectivity index is 2.50. The van der Waals surface area contributed by atoms with E-state index in [1.165, 1.54) is 11.8 Å². The monoisotopic (exact) mass is 597 g/mol. The number of fused-ring (bicyclic) bond motifs is 1. The molecule has 0 aromatic rings. The van der Waals surface area contributed by atoms with Crippen LogP contribution in [-0.2, 0) is 28.8 Å². The second-order valence-electron chi connectivity index (χ2n) is 10.4. The summed E-state index contributed by atoms with van der Waals surface area (Å²) in [7, 11) is 0. The highest BCUT2D eigenvalue weighted by atomic mass is 16.4. The zero-order valence-electron chi connectivity index (χ0n) is 23.7. The van der Waals surface area contributed by atoms with Gasteiger partial charge in [0.15, 0.2) is 5.96 Å². The van der Waals surface area contributed by atoms with Crippen LogP contribution in [0.3, 0.4) is 0 Å². The molecule has 17 nitrogen and oxygen atoms in total. The molecule has 1 unspecified atom stereocenters. The van der Waals surface area contributed by atoms with Crippen molar-refractivity contribution in [2.24, 2.45) is 22.2 Å². The number of nitrogens with two attached hydrogens (primary N) is 3. The van der Waals surface area contributed by atoms with Gasteiger partial charge in [-0.05, 0) is 58.4 Å². The molecule has 2 aliphatic rings. The Hall–Kier alpha value is -3.99. The lowest BCUT2D eigenvalue weighted by atomic mass is 10.0. The van der Waals surface area contributed by atoms with E-state index in [1.54, 1.807) is 0 Å². The molecule has 5 amide bonds. The summed E-state index contributed by atoms with van der Waals surface area (Å²) in [5.74, 6) is -5.55. The van der Waals surface area contributed by atoms with Crippen LogP contribution in [0.2, 0.25) is 0 Å². The normalized spacial score (nSPS) is 26.5. The van der Waals surface area contributed by atoms with Crippen molar-refractivity contribution < 1.29 is 39.0 Å². The topological polar surface area (TPSA) is 285 Å². The van der Waals surface area contributed by atoms with Crippen molar-refractivity contribution in [3.63, 3.8) is 0 Å². The van der Waals surface area contributed by atoms with Gasteiger partial charge in [0.05, 0.1) is 12.5 Å². The average Bonchev–Trinajstić information content (AvgIpc) is 3.41. The molecule has 2 saturated heterocycles. The standard InChI is InChI=1S/C25H43N9O8/c1-13(35)19-23(41)31-15(6-2-3-9-26)24(42)34-11-5-8-17(34)22(40)30-14(7-4-10-29-25(27)28)20(38)32-16(12-18(36)37)21(39)33-19/h13-17,19,35H,2-12,26H2,1H3,(H,30,40)(H,31,41)(H,32,38)(H,33,39)(H,36,37)(H4,27,28,29)/t13?,14-,15-,16-,17-,19-/m0/s1. The van der Waals surface area contributed by atoms with E-state index in [0.29, 0.717) is 32.2 Å². The van der Waals surface area contributed by atoms with Crippen LogP contribution in [0.5, 0.6) is 0 Å². The maximum Gasteiger partial charge on any atom is 0.305 e. The first-order chi connectivity index (χ1) is 19.8. The number of guanidine groups is 1. The summed E-state index contributed by atoms with van der Waals surface area (Å²) in [4.78, 5) is 83.4. The van der Waals surface area contributed by atoms with Crippen molar-refractivity contribution in [1.29, 1.82) is 0 Å². The number of carboxylic acid groups (broad SMARTS) is 1. The number of carbonyl (C=O) groups is 6. The summed E-state index contributed by atoms with van der Waals surface area (Å²) in [6, 6.07) is -6.50. The molecule has 17 heteroatoms. The number of aliphatic carboxylic acids is 1. The maximum absolute atomic E-state index is 13.7. The van der Waals surface area contributed by atoms with E-state index in [9.17, 15) is 39.0 Å². The van der Waals surface area contributed by atoms with Crippen molar-refractivity contribution in [3.8, 4) is 0 Å². The van der Waals surface area contributed by atoms with Crippen molar-refractivity contribution >= 4 is 41.5 Å². The fourth-order valence-electron chi connectivity index (χ4n) is 4.87. The third kappa shape index (κ3) is 10.1. The molecule has 2 fully saturated rings. The zero-order valence-corrected chi connectivity index (χ0v) is 23.7. The highest BCUT2D eigenvalue weighted by molar-refractivity contribution is 5.99.